The molecule has 166 valence electrons. The van der Waals surface area contributed by atoms with Crippen molar-refractivity contribution in [3.63, 3.8) is 0 Å². The van der Waals surface area contributed by atoms with E-state index in [9.17, 15) is 9.59 Å². The van der Waals surface area contributed by atoms with Crippen LogP contribution in [0.3, 0.4) is 0 Å². The number of hydrogen-bond acceptors (Lipinski definition) is 5. The van der Waals surface area contributed by atoms with Gasteiger partial charge in [-0.15, -0.1) is 11.3 Å². The van der Waals surface area contributed by atoms with Gasteiger partial charge in [0.15, 0.2) is 5.60 Å². The zero-order chi connectivity index (χ0) is 22.6. The molecule has 1 fully saturated rings. The molecule has 6 nitrogen and oxygen atoms in total. The maximum absolute atomic E-state index is 13.3. The summed E-state index contributed by atoms with van der Waals surface area (Å²) in [5.74, 6) is -0.149. The zero-order valence-corrected chi connectivity index (χ0v) is 19.2. The molecular weight excluding hydrogens is 422 g/mol. The number of carbonyl (C=O) groups excluding carboxylic acids is 2. The van der Waals surface area contributed by atoms with E-state index in [2.05, 4.69) is 28.6 Å². The van der Waals surface area contributed by atoms with Crippen LogP contribution in [0.2, 0.25) is 0 Å². The van der Waals surface area contributed by atoms with Crippen LogP contribution < -0.4 is 0 Å². The smallest absolute Gasteiger partial charge is 0.256 e. The summed E-state index contributed by atoms with van der Waals surface area (Å²) < 4.78 is 6.13. The van der Waals surface area contributed by atoms with Gasteiger partial charge in [0, 0.05) is 44.3 Å². The molecule has 3 aromatic rings. The number of benzene rings is 1. The highest BCUT2D eigenvalue weighted by Crippen LogP contribution is 2.29. The van der Waals surface area contributed by atoms with Crippen LogP contribution in [0.25, 0.3) is 10.4 Å². The number of amides is 2. The second-order valence-electron chi connectivity index (χ2n) is 8.25. The maximum atomic E-state index is 13.3. The Bertz CT molecular complexity index is 1050. The fourth-order valence-corrected chi connectivity index (χ4v) is 4.80. The predicted octanol–water partition coefficient (Wildman–Crippen LogP) is 3.28. The molecule has 3 heterocycles. The normalized spacial score (nSPS) is 18.4. The van der Waals surface area contributed by atoms with Gasteiger partial charge in [0.05, 0.1) is 19.6 Å². The molecule has 7 heteroatoms. The molecule has 1 aliphatic heterocycles. The summed E-state index contributed by atoms with van der Waals surface area (Å²) in [7, 11) is 3.45. The molecular formula is C25H27N3O3S. The van der Waals surface area contributed by atoms with Crippen LogP contribution in [0.1, 0.15) is 11.1 Å². The summed E-state index contributed by atoms with van der Waals surface area (Å²) >= 11 is 1.70. The number of carbonyl (C=O) groups is 2. The first-order chi connectivity index (χ1) is 15.5. The van der Waals surface area contributed by atoms with E-state index in [0.29, 0.717) is 19.6 Å². The van der Waals surface area contributed by atoms with Crippen molar-refractivity contribution in [2.24, 2.45) is 0 Å². The van der Waals surface area contributed by atoms with Crippen LogP contribution in [0.5, 0.6) is 0 Å². The van der Waals surface area contributed by atoms with Gasteiger partial charge in [-0.3, -0.25) is 14.6 Å². The molecule has 32 heavy (non-hydrogen) atoms. The highest BCUT2D eigenvalue weighted by Gasteiger charge is 2.45. The fraction of sp³-hybridized carbons (Fsp3) is 0.320. The van der Waals surface area contributed by atoms with Crippen molar-refractivity contribution in [3.8, 4) is 10.4 Å². The number of thiophene rings is 1. The number of nitrogens with zero attached hydrogens (tertiary/aromatic N) is 3. The molecule has 1 saturated heterocycles. The number of morpholine rings is 1. The minimum atomic E-state index is -1.10. The van der Waals surface area contributed by atoms with E-state index in [0.717, 1.165) is 16.7 Å². The Balaban J connectivity index is 1.54. The first-order valence-electron chi connectivity index (χ1n) is 10.6. The molecule has 2 amide bonds. The van der Waals surface area contributed by atoms with E-state index in [1.54, 1.807) is 47.6 Å². The van der Waals surface area contributed by atoms with Crippen LogP contribution in [-0.4, -0.2) is 66.0 Å². The van der Waals surface area contributed by atoms with Crippen LogP contribution in [0.4, 0.5) is 0 Å². The number of pyridine rings is 1. The Morgan fingerprint density at radius 2 is 1.94 bits per heavy atom. The quantitative estimate of drug-likeness (QED) is 0.579. The highest BCUT2D eigenvalue weighted by atomic mass is 32.1. The Morgan fingerprint density at radius 1 is 1.12 bits per heavy atom. The van der Waals surface area contributed by atoms with Crippen LogP contribution >= 0.6 is 11.3 Å². The van der Waals surface area contributed by atoms with Crippen LogP contribution in [-0.2, 0) is 27.2 Å². The molecule has 0 bridgehead atoms. The fourth-order valence-electron chi connectivity index (χ4n) is 4.07. The second-order valence-corrected chi connectivity index (χ2v) is 9.19. The molecule has 4 rings (SSSR count). The molecule has 1 atom stereocenters. The minimum Gasteiger partial charge on any atom is -0.361 e. The Kier molecular flexibility index (Phi) is 6.67. The van der Waals surface area contributed by atoms with E-state index < -0.39 is 5.60 Å². The predicted molar refractivity (Wildman–Crippen MR) is 125 cm³/mol. The first-order valence-corrected chi connectivity index (χ1v) is 11.5. The van der Waals surface area contributed by atoms with Gasteiger partial charge in [0.1, 0.15) is 0 Å². The number of aromatic nitrogens is 1. The molecule has 1 unspecified atom stereocenters. The lowest BCUT2D eigenvalue weighted by molar-refractivity contribution is -0.172. The number of rotatable bonds is 6. The molecule has 0 radical (unpaired) electrons. The molecule has 0 N–H and O–H groups in total. The Morgan fingerprint density at radius 3 is 2.59 bits per heavy atom. The number of likely N-dealkylation sites (N-methyl/N-ethyl adjacent to an activating group) is 1. The van der Waals surface area contributed by atoms with E-state index in [1.165, 1.54) is 4.88 Å². The largest absolute Gasteiger partial charge is 0.361 e. The van der Waals surface area contributed by atoms with Gasteiger partial charge in [-0.1, -0.05) is 36.4 Å². The third kappa shape index (κ3) is 4.89. The average Bonchev–Trinajstić information content (AvgIpc) is 3.35. The molecule has 0 spiro atoms. The van der Waals surface area contributed by atoms with Crippen molar-refractivity contribution in [1.29, 1.82) is 0 Å². The summed E-state index contributed by atoms with van der Waals surface area (Å²) in [5, 5.41) is 2.06. The van der Waals surface area contributed by atoms with E-state index in [1.807, 2.05) is 30.3 Å². The Labute approximate surface area is 192 Å². The second kappa shape index (κ2) is 9.63. The van der Waals surface area contributed by atoms with Crippen LogP contribution in [0, 0.1) is 0 Å². The standard InChI is InChI=1S/C25H27N3O3S/c1-27(2)24(30)25(16-19-7-9-21(10-8-19)22-6-4-14-32-22)18-28(12-13-31-25)23(29)15-20-5-3-11-26-17-20/h3-11,14,17H,12-13,15-16,18H2,1-2H3. The lowest BCUT2D eigenvalue weighted by Gasteiger charge is -2.43. The highest BCUT2D eigenvalue weighted by molar-refractivity contribution is 7.13. The number of hydrogen-bond donors (Lipinski definition) is 0. The van der Waals surface area contributed by atoms with E-state index >= 15 is 0 Å². The van der Waals surface area contributed by atoms with Crippen molar-refractivity contribution in [3.05, 3.63) is 77.4 Å². The first kappa shape index (κ1) is 22.2. The molecule has 2 aromatic heterocycles. The lowest BCUT2D eigenvalue weighted by Crippen LogP contribution is -2.62. The molecule has 0 saturated carbocycles. The summed E-state index contributed by atoms with van der Waals surface area (Å²) in [6, 6.07) is 16.1. The maximum Gasteiger partial charge on any atom is 0.256 e. The van der Waals surface area contributed by atoms with Gasteiger partial charge in [-0.05, 0) is 34.2 Å². The molecule has 0 aliphatic carbocycles. The van der Waals surface area contributed by atoms with Crippen molar-refractivity contribution in [1.82, 2.24) is 14.8 Å². The zero-order valence-electron chi connectivity index (χ0n) is 18.4. The van der Waals surface area contributed by atoms with Crippen molar-refractivity contribution in [2.45, 2.75) is 18.4 Å². The number of ether oxygens (including phenoxy) is 1. The summed E-state index contributed by atoms with van der Waals surface area (Å²) in [6.45, 7) is 1.03. The summed E-state index contributed by atoms with van der Waals surface area (Å²) in [6.07, 6.45) is 4.06. The van der Waals surface area contributed by atoms with Gasteiger partial charge < -0.3 is 14.5 Å². The summed E-state index contributed by atoms with van der Waals surface area (Å²) in [5.41, 5.74) is 1.91. The summed E-state index contributed by atoms with van der Waals surface area (Å²) in [4.78, 5) is 34.8. The monoisotopic (exact) mass is 449 g/mol. The van der Waals surface area contributed by atoms with Gasteiger partial charge in [-0.25, -0.2) is 0 Å². The average molecular weight is 450 g/mol. The van der Waals surface area contributed by atoms with Gasteiger partial charge in [-0.2, -0.15) is 0 Å². The Hall–Kier alpha value is -3.03. The third-order valence-electron chi connectivity index (χ3n) is 5.66. The van der Waals surface area contributed by atoms with Crippen molar-refractivity contribution >= 4 is 23.2 Å². The SMILES string of the molecule is CN(C)C(=O)C1(Cc2ccc(-c3cccs3)cc2)CN(C(=O)Cc2cccnc2)CCO1. The topological polar surface area (TPSA) is 62.7 Å². The molecule has 1 aliphatic rings. The molecule has 1 aromatic carbocycles. The van der Waals surface area contributed by atoms with Crippen molar-refractivity contribution < 1.29 is 14.3 Å². The van der Waals surface area contributed by atoms with E-state index in [4.69, 9.17) is 4.74 Å². The third-order valence-corrected chi connectivity index (χ3v) is 6.58. The van der Waals surface area contributed by atoms with Gasteiger partial charge in [0.2, 0.25) is 5.91 Å². The van der Waals surface area contributed by atoms with Crippen LogP contribution in [0.15, 0.2) is 66.3 Å². The lowest BCUT2D eigenvalue weighted by atomic mass is 9.90. The minimum absolute atomic E-state index is 0.0229. The van der Waals surface area contributed by atoms with Gasteiger partial charge >= 0.3 is 0 Å². The van der Waals surface area contributed by atoms with Gasteiger partial charge in [0.25, 0.3) is 5.91 Å². The van der Waals surface area contributed by atoms with E-state index in [-0.39, 0.29) is 24.8 Å². The van der Waals surface area contributed by atoms with Crippen molar-refractivity contribution in [2.75, 3.05) is 33.8 Å².